The summed E-state index contributed by atoms with van der Waals surface area (Å²) < 4.78 is 5.98. The van der Waals surface area contributed by atoms with Crippen LogP contribution in [0.5, 0.6) is 11.5 Å². The molecule has 5 N–H and O–H groups in total. The van der Waals surface area contributed by atoms with Crippen LogP contribution in [-0.2, 0) is 16.6 Å². The van der Waals surface area contributed by atoms with Gasteiger partial charge in [-0.1, -0.05) is 30.3 Å². The average molecular weight is 436 g/mol. The maximum Gasteiger partial charge on any atom is 0.174 e. The highest BCUT2D eigenvalue weighted by molar-refractivity contribution is 5.90. The first-order valence-electron chi connectivity index (χ1n) is 11.1. The van der Waals surface area contributed by atoms with Crippen LogP contribution in [0.4, 0.5) is 5.69 Å². The molecule has 2 aromatic carbocycles. The van der Waals surface area contributed by atoms with E-state index in [2.05, 4.69) is 16.9 Å². The number of benzene rings is 2. The number of nitrogens with two attached hydrogens (primary N) is 1. The summed E-state index contributed by atoms with van der Waals surface area (Å²) in [5.41, 5.74) is 3.72. The summed E-state index contributed by atoms with van der Waals surface area (Å²) in [5, 5.41) is 22.1. The van der Waals surface area contributed by atoms with Gasteiger partial charge in [0.05, 0.1) is 11.0 Å². The molecule has 1 saturated heterocycles. The number of nitrogens with zero attached hydrogens (tertiary/aromatic N) is 1. The lowest BCUT2D eigenvalue weighted by Gasteiger charge is -2.62. The second-order valence-electron chi connectivity index (χ2n) is 9.07. The third kappa shape index (κ3) is 2.75. The maximum absolute atomic E-state index is 12.6. The minimum Gasteiger partial charge on any atom is -0.504 e. The van der Waals surface area contributed by atoms with Crippen LogP contribution in [0.1, 0.15) is 30.4 Å². The number of aromatic hydroxyl groups is 1. The second kappa shape index (κ2) is 7.62. The highest BCUT2D eigenvalue weighted by Gasteiger charge is 2.73. The Labute approximate surface area is 187 Å². The van der Waals surface area contributed by atoms with Gasteiger partial charge in [-0.2, -0.15) is 0 Å². The first-order valence-corrected chi connectivity index (χ1v) is 11.1. The summed E-state index contributed by atoms with van der Waals surface area (Å²) >= 11 is 0. The molecule has 32 heavy (non-hydrogen) atoms. The minimum atomic E-state index is -1.00. The SMILES string of the molecule is C=CCN1CC[C@]23c4c5ccc(O)c4O[C@H]2C(=O)CC[C@@]3(O)[C@H]1C5.NNc1ccccc1. The zero-order chi connectivity index (χ0) is 22.5. The summed E-state index contributed by atoms with van der Waals surface area (Å²) in [5.74, 6) is 5.63. The van der Waals surface area contributed by atoms with Crippen molar-refractivity contribution in [2.24, 2.45) is 5.84 Å². The topological polar surface area (TPSA) is 108 Å². The molecule has 2 bridgehead atoms. The molecule has 4 aliphatic rings. The van der Waals surface area contributed by atoms with E-state index in [0.29, 0.717) is 31.4 Å². The van der Waals surface area contributed by atoms with E-state index < -0.39 is 17.1 Å². The van der Waals surface area contributed by atoms with Crippen LogP contribution in [0, 0.1) is 0 Å². The number of likely N-dealkylation sites (tertiary alicyclic amines) is 1. The monoisotopic (exact) mass is 435 g/mol. The van der Waals surface area contributed by atoms with E-state index in [0.717, 1.165) is 29.9 Å². The molecule has 0 unspecified atom stereocenters. The van der Waals surface area contributed by atoms with Gasteiger partial charge in [-0.25, -0.2) is 0 Å². The fourth-order valence-corrected chi connectivity index (χ4v) is 6.33. The summed E-state index contributed by atoms with van der Waals surface area (Å²) in [4.78, 5) is 14.9. The number of nitrogen functional groups attached to an aromatic ring is 1. The molecule has 2 aliphatic carbocycles. The number of hydrogen-bond donors (Lipinski definition) is 4. The van der Waals surface area contributed by atoms with Crippen molar-refractivity contribution in [2.75, 3.05) is 18.5 Å². The molecule has 1 spiro atoms. The predicted octanol–water partition coefficient (Wildman–Crippen LogP) is 2.27. The number of carbonyl (C=O) groups excluding carboxylic acids is 1. The number of aliphatic hydroxyl groups is 1. The molecule has 1 saturated carbocycles. The molecule has 0 amide bonds. The summed E-state index contributed by atoms with van der Waals surface area (Å²) in [7, 11) is 0. The summed E-state index contributed by atoms with van der Waals surface area (Å²) in [6.07, 6.45) is 3.35. The third-order valence-electron chi connectivity index (χ3n) is 7.67. The van der Waals surface area contributed by atoms with Crippen molar-refractivity contribution in [2.45, 2.75) is 48.8 Å². The standard InChI is InChI=1S/C19H21NO4.C6H8N2/c1-2-8-20-9-7-18-15-11-3-4-12(21)16(15)24-17(18)13(22)5-6-19(18,23)14(20)10-11;7-8-6-4-2-1-3-5-6/h2-4,14,17,21,23H,1,5-10H2;1-5,8H,7H2/t14-,17+,18+,19-;/m1./s1. The lowest BCUT2D eigenvalue weighted by atomic mass is 9.49. The van der Waals surface area contributed by atoms with Gasteiger partial charge >= 0.3 is 0 Å². The van der Waals surface area contributed by atoms with Crippen LogP contribution >= 0.6 is 0 Å². The summed E-state index contributed by atoms with van der Waals surface area (Å²) in [6.45, 7) is 5.36. The van der Waals surface area contributed by atoms with Crippen molar-refractivity contribution in [3.63, 3.8) is 0 Å². The Balaban J connectivity index is 0.000000230. The lowest BCUT2D eigenvalue weighted by Crippen LogP contribution is -2.76. The van der Waals surface area contributed by atoms with E-state index in [1.807, 2.05) is 42.5 Å². The molecule has 0 radical (unpaired) electrons. The number of carbonyl (C=O) groups is 1. The van der Waals surface area contributed by atoms with Crippen molar-refractivity contribution >= 4 is 11.5 Å². The van der Waals surface area contributed by atoms with Crippen molar-refractivity contribution in [3.8, 4) is 11.5 Å². The number of anilines is 1. The van der Waals surface area contributed by atoms with Gasteiger partial charge in [0.2, 0.25) is 0 Å². The summed E-state index contributed by atoms with van der Waals surface area (Å²) in [6, 6.07) is 13.1. The molecular weight excluding hydrogens is 406 g/mol. The van der Waals surface area contributed by atoms with E-state index in [1.54, 1.807) is 6.07 Å². The first-order chi connectivity index (χ1) is 15.5. The van der Waals surface area contributed by atoms with Crippen molar-refractivity contribution in [1.29, 1.82) is 0 Å². The average Bonchev–Trinajstić information content (AvgIpc) is 3.17. The Morgan fingerprint density at radius 1 is 1.25 bits per heavy atom. The number of hydrogen-bond acceptors (Lipinski definition) is 7. The maximum atomic E-state index is 12.6. The molecule has 168 valence electrons. The van der Waals surface area contributed by atoms with Gasteiger partial charge in [0.15, 0.2) is 23.4 Å². The number of phenols is 1. The second-order valence-corrected chi connectivity index (χ2v) is 9.07. The lowest BCUT2D eigenvalue weighted by molar-refractivity contribution is -0.187. The molecule has 2 fully saturated rings. The minimum absolute atomic E-state index is 0.0408. The van der Waals surface area contributed by atoms with Gasteiger partial charge in [-0.3, -0.25) is 15.5 Å². The van der Waals surface area contributed by atoms with E-state index in [1.165, 1.54) is 0 Å². The normalized spacial score (nSPS) is 31.6. The zero-order valence-electron chi connectivity index (χ0n) is 18.0. The van der Waals surface area contributed by atoms with E-state index >= 15 is 0 Å². The number of Topliss-reactive ketones (excluding diaryl/α,β-unsaturated/α-hetero) is 1. The number of para-hydroxylation sites is 1. The van der Waals surface area contributed by atoms with Gasteiger partial charge < -0.3 is 20.4 Å². The predicted molar refractivity (Wildman–Crippen MR) is 122 cm³/mol. The number of nitrogens with one attached hydrogen (secondary N) is 1. The first kappa shape index (κ1) is 21.0. The number of rotatable bonds is 3. The molecule has 0 aromatic heterocycles. The van der Waals surface area contributed by atoms with Crippen molar-refractivity contribution in [3.05, 3.63) is 66.2 Å². The molecular formula is C25H29N3O4. The van der Waals surface area contributed by atoms with E-state index in [9.17, 15) is 15.0 Å². The van der Waals surface area contributed by atoms with Crippen molar-refractivity contribution in [1.82, 2.24) is 4.90 Å². The Morgan fingerprint density at radius 2 is 2.03 bits per heavy atom. The van der Waals surface area contributed by atoms with Crippen LogP contribution in [0.15, 0.2) is 55.1 Å². The van der Waals surface area contributed by atoms with Gasteiger partial charge in [0, 0.05) is 36.8 Å². The van der Waals surface area contributed by atoms with Crippen molar-refractivity contribution < 1.29 is 19.7 Å². The molecule has 4 atom stereocenters. The largest absolute Gasteiger partial charge is 0.504 e. The fourth-order valence-electron chi connectivity index (χ4n) is 6.33. The number of ketones is 1. The van der Waals surface area contributed by atoms with Gasteiger partial charge in [0.1, 0.15) is 0 Å². The quantitative estimate of drug-likeness (QED) is 0.333. The van der Waals surface area contributed by atoms with E-state index in [-0.39, 0.29) is 17.6 Å². The smallest absolute Gasteiger partial charge is 0.174 e. The highest BCUT2D eigenvalue weighted by atomic mass is 16.5. The van der Waals surface area contributed by atoms with Crippen LogP contribution in [0.25, 0.3) is 0 Å². The molecule has 6 rings (SSSR count). The van der Waals surface area contributed by atoms with Crippen LogP contribution in [-0.4, -0.2) is 51.7 Å². The number of phenolic OH excluding ortho intramolecular Hbond substituents is 1. The number of ether oxygens (including phenoxy) is 1. The molecule has 2 heterocycles. The van der Waals surface area contributed by atoms with Crippen LogP contribution in [0.2, 0.25) is 0 Å². The Morgan fingerprint density at radius 3 is 2.72 bits per heavy atom. The Bertz CT molecular complexity index is 1060. The van der Waals surface area contributed by atoms with E-state index in [4.69, 9.17) is 10.6 Å². The third-order valence-corrected chi connectivity index (χ3v) is 7.67. The molecule has 7 heteroatoms. The number of hydrazine groups is 1. The fraction of sp³-hybridized carbons (Fsp3) is 0.400. The molecule has 2 aromatic rings. The van der Waals surface area contributed by atoms with Gasteiger partial charge in [0.25, 0.3) is 0 Å². The molecule has 7 nitrogen and oxygen atoms in total. The Kier molecular flexibility index (Phi) is 5.00. The zero-order valence-corrected chi connectivity index (χ0v) is 18.0. The van der Waals surface area contributed by atoms with Gasteiger partial charge in [-0.15, -0.1) is 6.58 Å². The van der Waals surface area contributed by atoms with Crippen LogP contribution in [0.3, 0.4) is 0 Å². The van der Waals surface area contributed by atoms with Gasteiger partial charge in [-0.05, 0) is 43.0 Å². The molecule has 2 aliphatic heterocycles. The highest BCUT2D eigenvalue weighted by Crippen LogP contribution is 2.64. The Hall–Kier alpha value is -2.87. The number of piperidine rings is 1. The van der Waals surface area contributed by atoms with Crippen LogP contribution < -0.4 is 16.0 Å².